The first kappa shape index (κ1) is 13.7. The number of benzene rings is 1. The van der Waals surface area contributed by atoms with Crippen LogP contribution in [0, 0.1) is 0 Å². The van der Waals surface area contributed by atoms with E-state index in [4.69, 9.17) is 11.6 Å². The molecule has 100 valence electrons. The van der Waals surface area contributed by atoms with Gasteiger partial charge in [0, 0.05) is 28.9 Å². The molecule has 18 heavy (non-hydrogen) atoms. The van der Waals surface area contributed by atoms with E-state index >= 15 is 0 Å². The first-order chi connectivity index (χ1) is 8.76. The summed E-state index contributed by atoms with van der Waals surface area (Å²) < 4.78 is 0. The van der Waals surface area contributed by atoms with Crippen LogP contribution in [0.2, 0.25) is 5.02 Å². The lowest BCUT2D eigenvalue weighted by molar-refractivity contribution is 0.281. The maximum absolute atomic E-state index is 9.50. The minimum atomic E-state index is 0.0547. The molecule has 0 aromatic heterocycles. The topological polar surface area (TPSA) is 23.5 Å². The lowest BCUT2D eigenvalue weighted by Gasteiger charge is -2.36. The predicted octanol–water partition coefficient (Wildman–Crippen LogP) is 3.99. The lowest BCUT2D eigenvalue weighted by Crippen LogP contribution is -2.37. The Bertz CT molecular complexity index is 388. The SMILES string of the molecule is CCN(c1ccc(Cl)cc1CO)C1CCCCC1. The number of aliphatic hydroxyl groups excluding tert-OH is 1. The molecule has 1 fully saturated rings. The minimum absolute atomic E-state index is 0.0547. The largest absolute Gasteiger partial charge is 0.392 e. The summed E-state index contributed by atoms with van der Waals surface area (Å²) in [5.74, 6) is 0. The third-order valence-electron chi connectivity index (χ3n) is 3.88. The van der Waals surface area contributed by atoms with Crippen molar-refractivity contribution in [1.82, 2.24) is 0 Å². The molecule has 1 aromatic carbocycles. The average Bonchev–Trinajstić information content (AvgIpc) is 2.42. The van der Waals surface area contributed by atoms with Crippen LogP contribution >= 0.6 is 11.6 Å². The molecular weight excluding hydrogens is 246 g/mol. The van der Waals surface area contributed by atoms with Gasteiger partial charge in [-0.2, -0.15) is 0 Å². The van der Waals surface area contributed by atoms with Crippen molar-refractivity contribution in [3.8, 4) is 0 Å². The number of anilines is 1. The molecule has 3 heteroatoms. The van der Waals surface area contributed by atoms with Crippen LogP contribution in [0.3, 0.4) is 0 Å². The van der Waals surface area contributed by atoms with Gasteiger partial charge in [-0.15, -0.1) is 0 Å². The molecule has 2 rings (SSSR count). The Balaban J connectivity index is 2.25. The van der Waals surface area contributed by atoms with E-state index < -0.39 is 0 Å². The zero-order valence-electron chi connectivity index (χ0n) is 11.0. The summed E-state index contributed by atoms with van der Waals surface area (Å²) in [5, 5.41) is 10.2. The van der Waals surface area contributed by atoms with Crippen molar-refractivity contribution < 1.29 is 5.11 Å². The fourth-order valence-corrected chi connectivity index (χ4v) is 3.17. The van der Waals surface area contributed by atoms with Crippen molar-refractivity contribution in [2.45, 2.75) is 51.7 Å². The highest BCUT2D eigenvalue weighted by Crippen LogP contribution is 2.31. The van der Waals surface area contributed by atoms with Gasteiger partial charge in [0.25, 0.3) is 0 Å². The van der Waals surface area contributed by atoms with Crippen molar-refractivity contribution in [1.29, 1.82) is 0 Å². The summed E-state index contributed by atoms with van der Waals surface area (Å²) in [6, 6.07) is 6.46. The fraction of sp³-hybridized carbons (Fsp3) is 0.600. The third-order valence-corrected chi connectivity index (χ3v) is 4.11. The van der Waals surface area contributed by atoms with Gasteiger partial charge in [0.15, 0.2) is 0 Å². The summed E-state index contributed by atoms with van der Waals surface area (Å²) in [6.07, 6.45) is 6.54. The minimum Gasteiger partial charge on any atom is -0.392 e. The van der Waals surface area contributed by atoms with Crippen molar-refractivity contribution in [3.63, 3.8) is 0 Å². The highest BCUT2D eigenvalue weighted by molar-refractivity contribution is 6.30. The zero-order chi connectivity index (χ0) is 13.0. The van der Waals surface area contributed by atoms with Crippen molar-refractivity contribution in [2.24, 2.45) is 0 Å². The fourth-order valence-electron chi connectivity index (χ4n) is 2.98. The van der Waals surface area contributed by atoms with Gasteiger partial charge in [-0.05, 0) is 38.0 Å². The second-order valence-corrected chi connectivity index (χ2v) is 5.45. The van der Waals surface area contributed by atoms with E-state index in [1.165, 1.54) is 32.1 Å². The molecule has 1 aliphatic carbocycles. The van der Waals surface area contributed by atoms with Gasteiger partial charge in [0.1, 0.15) is 0 Å². The van der Waals surface area contributed by atoms with Crippen LogP contribution in [-0.2, 0) is 6.61 Å². The van der Waals surface area contributed by atoms with E-state index in [2.05, 4.69) is 11.8 Å². The molecule has 0 bridgehead atoms. The highest BCUT2D eigenvalue weighted by Gasteiger charge is 2.21. The molecule has 0 radical (unpaired) electrons. The van der Waals surface area contributed by atoms with Crippen LogP contribution in [0.5, 0.6) is 0 Å². The van der Waals surface area contributed by atoms with E-state index in [1.807, 2.05) is 18.2 Å². The van der Waals surface area contributed by atoms with Crippen LogP contribution < -0.4 is 4.90 Å². The van der Waals surface area contributed by atoms with E-state index in [0.29, 0.717) is 11.1 Å². The molecule has 1 aromatic rings. The van der Waals surface area contributed by atoms with E-state index in [1.54, 1.807) is 0 Å². The molecule has 1 saturated carbocycles. The summed E-state index contributed by atoms with van der Waals surface area (Å²) in [5.41, 5.74) is 2.09. The number of hydrogen-bond donors (Lipinski definition) is 1. The van der Waals surface area contributed by atoms with Crippen molar-refractivity contribution in [2.75, 3.05) is 11.4 Å². The van der Waals surface area contributed by atoms with Crippen LogP contribution in [-0.4, -0.2) is 17.7 Å². The summed E-state index contributed by atoms with van der Waals surface area (Å²) in [4.78, 5) is 2.43. The van der Waals surface area contributed by atoms with Crippen molar-refractivity contribution >= 4 is 17.3 Å². The molecule has 0 amide bonds. The average molecular weight is 268 g/mol. The Morgan fingerprint density at radius 1 is 1.28 bits per heavy atom. The van der Waals surface area contributed by atoms with Crippen LogP contribution in [0.4, 0.5) is 5.69 Å². The Hall–Kier alpha value is -0.730. The van der Waals surface area contributed by atoms with Gasteiger partial charge in [-0.25, -0.2) is 0 Å². The molecule has 0 saturated heterocycles. The van der Waals surface area contributed by atoms with Gasteiger partial charge in [-0.3, -0.25) is 0 Å². The number of rotatable bonds is 4. The molecule has 0 unspecified atom stereocenters. The zero-order valence-corrected chi connectivity index (χ0v) is 11.8. The molecule has 2 nitrogen and oxygen atoms in total. The van der Waals surface area contributed by atoms with Gasteiger partial charge in [0.2, 0.25) is 0 Å². The number of hydrogen-bond acceptors (Lipinski definition) is 2. The maximum atomic E-state index is 9.50. The van der Waals surface area contributed by atoms with Gasteiger partial charge in [0.05, 0.1) is 6.61 Å². The molecule has 0 atom stereocenters. The summed E-state index contributed by atoms with van der Waals surface area (Å²) in [6.45, 7) is 3.22. The second kappa shape index (κ2) is 6.44. The van der Waals surface area contributed by atoms with E-state index in [0.717, 1.165) is 17.8 Å². The molecule has 1 aliphatic rings. The lowest BCUT2D eigenvalue weighted by atomic mass is 9.93. The number of nitrogens with zero attached hydrogens (tertiary/aromatic N) is 1. The van der Waals surface area contributed by atoms with Crippen LogP contribution in [0.15, 0.2) is 18.2 Å². The molecule has 0 heterocycles. The number of halogens is 1. The third kappa shape index (κ3) is 2.99. The van der Waals surface area contributed by atoms with E-state index in [-0.39, 0.29) is 6.61 Å². The molecule has 1 N–H and O–H groups in total. The Morgan fingerprint density at radius 2 is 2.00 bits per heavy atom. The Kier molecular flexibility index (Phi) is 4.90. The smallest absolute Gasteiger partial charge is 0.0702 e. The van der Waals surface area contributed by atoms with Gasteiger partial charge >= 0.3 is 0 Å². The van der Waals surface area contributed by atoms with Gasteiger partial charge in [-0.1, -0.05) is 30.9 Å². The second-order valence-electron chi connectivity index (χ2n) is 5.01. The molecular formula is C15H22ClNO. The normalized spacial score (nSPS) is 16.8. The van der Waals surface area contributed by atoms with E-state index in [9.17, 15) is 5.11 Å². The Morgan fingerprint density at radius 3 is 2.61 bits per heavy atom. The number of aliphatic hydroxyl groups is 1. The molecule has 0 aliphatic heterocycles. The standard InChI is InChI=1S/C15H22ClNO/c1-2-17(14-6-4-3-5-7-14)15-9-8-13(16)10-12(15)11-18/h8-10,14,18H,2-7,11H2,1H3. The monoisotopic (exact) mass is 267 g/mol. The van der Waals surface area contributed by atoms with Crippen LogP contribution in [0.1, 0.15) is 44.6 Å². The molecule has 0 spiro atoms. The first-order valence-electron chi connectivity index (χ1n) is 6.92. The van der Waals surface area contributed by atoms with Gasteiger partial charge < -0.3 is 10.0 Å². The van der Waals surface area contributed by atoms with Crippen LogP contribution in [0.25, 0.3) is 0 Å². The highest BCUT2D eigenvalue weighted by atomic mass is 35.5. The maximum Gasteiger partial charge on any atom is 0.0702 e. The Labute approximate surface area is 115 Å². The summed E-state index contributed by atoms with van der Waals surface area (Å²) in [7, 11) is 0. The predicted molar refractivity (Wildman–Crippen MR) is 77.3 cm³/mol. The first-order valence-corrected chi connectivity index (χ1v) is 7.30. The summed E-state index contributed by atoms with van der Waals surface area (Å²) >= 11 is 6.00. The quantitative estimate of drug-likeness (QED) is 0.892. The van der Waals surface area contributed by atoms with Crippen molar-refractivity contribution in [3.05, 3.63) is 28.8 Å².